The van der Waals surface area contributed by atoms with Crippen LogP contribution in [0.4, 0.5) is 0 Å². The second-order valence-electron chi connectivity index (χ2n) is 5.34. The maximum absolute atomic E-state index is 11.1. The van der Waals surface area contributed by atoms with Gasteiger partial charge in [0.1, 0.15) is 26.4 Å². The van der Waals surface area contributed by atoms with Gasteiger partial charge in [-0.2, -0.15) is 0 Å². The van der Waals surface area contributed by atoms with Crippen LogP contribution in [0.1, 0.15) is 20.8 Å². The lowest BCUT2D eigenvalue weighted by atomic mass is 9.99. The number of carboxylic acids is 1. The number of hydrogen-bond donors (Lipinski definition) is 5. The molecule has 0 saturated carbocycles. The largest absolute Gasteiger partial charge is 0.479 e. The van der Waals surface area contributed by atoms with Crippen LogP contribution < -0.4 is 0 Å². The topological polar surface area (TPSA) is 127 Å². The van der Waals surface area contributed by atoms with Gasteiger partial charge in [-0.1, -0.05) is 38.9 Å². The zero-order valence-corrected chi connectivity index (χ0v) is 13.0. The minimum Gasteiger partial charge on any atom is -0.479 e. The highest BCUT2D eigenvalue weighted by Gasteiger charge is 2.63. The molecule has 118 valence electrons. The lowest BCUT2D eigenvalue weighted by Gasteiger charge is -2.53. The predicted molar refractivity (Wildman–Crippen MR) is 72.7 cm³/mol. The Labute approximate surface area is 118 Å². The van der Waals surface area contributed by atoms with E-state index in [9.17, 15) is 25.2 Å². The zero-order valence-electron chi connectivity index (χ0n) is 12.0. The molecule has 8 heteroatoms. The van der Waals surface area contributed by atoms with Crippen LogP contribution in [-0.2, 0) is 9.53 Å². The Balaban J connectivity index is 3.28. The summed E-state index contributed by atoms with van der Waals surface area (Å²) in [5.41, 5.74) is -2.09. The number of carbonyl (C=O) groups is 1. The third-order valence-corrected chi connectivity index (χ3v) is 10.7. The summed E-state index contributed by atoms with van der Waals surface area (Å²) in [6.45, 7) is 5.54. The minimum absolute atomic E-state index is 0.558. The Bertz CT molecular complexity index is 351. The van der Waals surface area contributed by atoms with E-state index in [1.54, 1.807) is 0 Å². The van der Waals surface area contributed by atoms with E-state index in [0.717, 1.165) is 0 Å². The Morgan fingerprint density at radius 1 is 1.10 bits per heavy atom. The van der Waals surface area contributed by atoms with Crippen molar-refractivity contribution in [1.29, 1.82) is 0 Å². The molecule has 0 aromatic heterocycles. The molecule has 1 heterocycles. The summed E-state index contributed by atoms with van der Waals surface area (Å²) in [7, 11) is -2.61. The zero-order chi connectivity index (χ0) is 15.7. The van der Waals surface area contributed by atoms with Gasteiger partial charge < -0.3 is 30.3 Å². The van der Waals surface area contributed by atoms with Crippen LogP contribution in [0.5, 0.6) is 0 Å². The molecule has 0 bridgehead atoms. The van der Waals surface area contributed by atoms with Crippen LogP contribution in [0.15, 0.2) is 0 Å². The lowest BCUT2D eigenvalue weighted by molar-refractivity contribution is -0.308. The Kier molecular flexibility index (Phi) is 5.33. The number of aliphatic hydroxyl groups is 4. The summed E-state index contributed by atoms with van der Waals surface area (Å²) >= 11 is 0. The number of aliphatic hydroxyl groups excluding tert-OH is 3. The molecule has 5 N–H and O–H groups in total. The molecule has 1 saturated heterocycles. The van der Waals surface area contributed by atoms with Crippen molar-refractivity contribution >= 4 is 14.0 Å². The van der Waals surface area contributed by atoms with Crippen molar-refractivity contribution in [2.24, 2.45) is 0 Å². The first-order valence-corrected chi connectivity index (χ1v) is 9.50. The average molecular weight is 308 g/mol. The van der Waals surface area contributed by atoms with E-state index in [4.69, 9.17) is 9.84 Å². The number of ether oxygens (including phenoxy) is 1. The van der Waals surface area contributed by atoms with Gasteiger partial charge in [0.15, 0.2) is 11.5 Å². The molecule has 1 aliphatic rings. The maximum atomic E-state index is 11.1. The van der Waals surface area contributed by atoms with Gasteiger partial charge >= 0.3 is 5.97 Å². The molecule has 1 rings (SSSR count). The van der Waals surface area contributed by atoms with Gasteiger partial charge in [-0.15, -0.1) is 0 Å². The van der Waals surface area contributed by atoms with E-state index in [1.807, 2.05) is 20.8 Å². The average Bonchev–Trinajstić information content (AvgIpc) is 2.43. The van der Waals surface area contributed by atoms with Crippen molar-refractivity contribution in [2.45, 2.75) is 68.7 Å². The Morgan fingerprint density at radius 2 is 1.55 bits per heavy atom. The standard InChI is InChI=1S/C12H24O7Si/c1-4-20(5-2,6-3)12(18)10(15)8(14)7(13)9(19-12)11(16)17/h7-10,13-15,18H,4-6H2,1-3H3,(H,16,17)/t7-,8-,9-,10+,12-/m0/s1. The van der Waals surface area contributed by atoms with Crippen LogP contribution in [0.3, 0.4) is 0 Å². The number of rotatable bonds is 5. The van der Waals surface area contributed by atoms with Crippen molar-refractivity contribution in [3.05, 3.63) is 0 Å². The molecule has 1 fully saturated rings. The molecule has 0 aromatic carbocycles. The van der Waals surface area contributed by atoms with Crippen molar-refractivity contribution in [1.82, 2.24) is 0 Å². The fourth-order valence-electron chi connectivity index (χ4n) is 3.08. The molecule has 5 atom stereocenters. The summed E-state index contributed by atoms with van der Waals surface area (Å²) in [6.07, 6.45) is -7.01. The summed E-state index contributed by atoms with van der Waals surface area (Å²) < 4.78 is 5.23. The van der Waals surface area contributed by atoms with Crippen LogP contribution in [-0.4, -0.2) is 69.4 Å². The molecule has 0 radical (unpaired) electrons. The van der Waals surface area contributed by atoms with Crippen LogP contribution in [0, 0.1) is 0 Å². The molecule has 0 unspecified atom stereocenters. The van der Waals surface area contributed by atoms with E-state index < -0.39 is 43.9 Å². The van der Waals surface area contributed by atoms with E-state index in [1.165, 1.54) is 0 Å². The summed E-state index contributed by atoms with van der Waals surface area (Å²) in [5, 5.41) is 49.6. The second kappa shape index (κ2) is 6.08. The highest BCUT2D eigenvalue weighted by atomic mass is 28.3. The molecular formula is C12H24O7Si. The highest BCUT2D eigenvalue weighted by molar-refractivity contribution is 6.82. The van der Waals surface area contributed by atoms with Crippen molar-refractivity contribution in [2.75, 3.05) is 0 Å². The van der Waals surface area contributed by atoms with E-state index in [2.05, 4.69) is 0 Å². The van der Waals surface area contributed by atoms with Gasteiger partial charge in [0, 0.05) is 0 Å². The summed E-state index contributed by atoms with van der Waals surface area (Å²) in [6, 6.07) is 1.67. The third-order valence-electron chi connectivity index (χ3n) is 4.72. The Morgan fingerprint density at radius 3 is 1.90 bits per heavy atom. The van der Waals surface area contributed by atoms with E-state index >= 15 is 0 Å². The molecule has 0 aliphatic carbocycles. The number of aliphatic carboxylic acids is 1. The number of carboxylic acid groups (broad SMARTS) is 1. The first-order chi connectivity index (χ1) is 9.20. The van der Waals surface area contributed by atoms with E-state index in [0.29, 0.717) is 18.1 Å². The predicted octanol–water partition coefficient (Wildman–Crippen LogP) is -0.711. The van der Waals surface area contributed by atoms with Gasteiger partial charge in [0.2, 0.25) is 0 Å². The van der Waals surface area contributed by atoms with Gasteiger partial charge in [0.25, 0.3) is 0 Å². The monoisotopic (exact) mass is 308 g/mol. The van der Waals surface area contributed by atoms with Crippen LogP contribution >= 0.6 is 0 Å². The fraction of sp³-hybridized carbons (Fsp3) is 0.917. The van der Waals surface area contributed by atoms with Crippen LogP contribution in [0.2, 0.25) is 18.1 Å². The normalized spacial score (nSPS) is 38.8. The molecule has 0 aromatic rings. The molecule has 1 aliphatic heterocycles. The minimum atomic E-state index is -2.61. The molecular weight excluding hydrogens is 284 g/mol. The lowest BCUT2D eigenvalue weighted by Crippen LogP contribution is -2.75. The van der Waals surface area contributed by atoms with Gasteiger partial charge in [0.05, 0.1) is 0 Å². The fourth-order valence-corrected chi connectivity index (χ4v) is 7.27. The highest BCUT2D eigenvalue weighted by Crippen LogP contribution is 2.41. The third kappa shape index (κ3) is 2.40. The molecule has 0 spiro atoms. The number of hydrogen-bond acceptors (Lipinski definition) is 6. The summed E-state index contributed by atoms with van der Waals surface area (Å²) in [5.74, 6) is -1.48. The van der Waals surface area contributed by atoms with Crippen molar-refractivity contribution < 1.29 is 35.1 Å². The first kappa shape index (κ1) is 17.5. The maximum Gasteiger partial charge on any atom is 0.335 e. The molecule has 7 nitrogen and oxygen atoms in total. The van der Waals surface area contributed by atoms with Gasteiger partial charge in [-0.3, -0.25) is 0 Å². The van der Waals surface area contributed by atoms with Crippen molar-refractivity contribution in [3.63, 3.8) is 0 Å². The summed E-state index contributed by atoms with van der Waals surface area (Å²) in [4.78, 5) is 11.1. The quantitative estimate of drug-likeness (QED) is 0.424. The van der Waals surface area contributed by atoms with E-state index in [-0.39, 0.29) is 0 Å². The van der Waals surface area contributed by atoms with Gasteiger partial charge in [-0.25, -0.2) is 4.79 Å². The van der Waals surface area contributed by atoms with Gasteiger partial charge in [-0.05, 0) is 0 Å². The van der Waals surface area contributed by atoms with Crippen LogP contribution in [0.25, 0.3) is 0 Å². The second-order valence-corrected chi connectivity index (χ2v) is 10.7. The molecule has 0 amide bonds. The molecule has 20 heavy (non-hydrogen) atoms. The Hall–Kier alpha value is -0.513. The smallest absolute Gasteiger partial charge is 0.335 e. The van der Waals surface area contributed by atoms with Crippen molar-refractivity contribution in [3.8, 4) is 0 Å². The SMILES string of the molecule is CC[Si](CC)(CC)[C@@]1(O)O[C@H](C(=O)O)[C@@H](O)[C@H](O)[C@H]1O. The first-order valence-electron chi connectivity index (χ1n) is 6.88.